The first-order chi connectivity index (χ1) is 8.28. The molecule has 1 aromatic carbocycles. The Bertz CT molecular complexity index is 420. The summed E-state index contributed by atoms with van der Waals surface area (Å²) in [6.45, 7) is 0. The number of ether oxygens (including phenoxy) is 1. The summed E-state index contributed by atoms with van der Waals surface area (Å²) in [7, 11) is 1.67. The first-order valence-corrected chi connectivity index (χ1v) is 6.75. The van der Waals surface area contributed by atoms with Crippen LogP contribution in [0, 0.1) is 0 Å². The first-order valence-electron chi connectivity index (χ1n) is 5.77. The fourth-order valence-corrected chi connectivity index (χ4v) is 2.82. The molecule has 0 amide bonds. The van der Waals surface area contributed by atoms with Crippen LogP contribution >= 0.6 is 11.8 Å². The minimum Gasteiger partial charge on any atom is -0.497 e. The van der Waals surface area contributed by atoms with Crippen molar-refractivity contribution in [3.8, 4) is 5.75 Å². The quantitative estimate of drug-likeness (QED) is 0.815. The van der Waals surface area contributed by atoms with Crippen LogP contribution in [0.2, 0.25) is 0 Å². The molecule has 0 radical (unpaired) electrons. The molecule has 0 aliphatic heterocycles. The van der Waals surface area contributed by atoms with Gasteiger partial charge in [-0.25, -0.2) is 0 Å². The Morgan fingerprint density at radius 2 is 2.00 bits per heavy atom. The molecule has 0 bridgehead atoms. The molecule has 17 heavy (non-hydrogen) atoms. The highest BCUT2D eigenvalue weighted by atomic mass is 32.2. The lowest BCUT2D eigenvalue weighted by Crippen LogP contribution is -2.00. The number of thioether (sulfide) groups is 1. The van der Waals surface area contributed by atoms with Crippen LogP contribution in [0.5, 0.6) is 5.75 Å². The number of allylic oxidation sites excluding steroid dienone is 2. The molecule has 0 N–H and O–H groups in total. The fraction of sp³-hybridized carbons (Fsp3) is 0.357. The van der Waals surface area contributed by atoms with Crippen molar-refractivity contribution < 1.29 is 9.53 Å². The molecule has 3 heteroatoms. The molecule has 0 heterocycles. The molecule has 2 rings (SSSR count). The van der Waals surface area contributed by atoms with E-state index in [2.05, 4.69) is 12.1 Å². The van der Waals surface area contributed by atoms with Gasteiger partial charge in [-0.3, -0.25) is 4.79 Å². The third kappa shape index (κ3) is 3.63. The van der Waals surface area contributed by atoms with Crippen molar-refractivity contribution in [2.24, 2.45) is 0 Å². The second-order valence-electron chi connectivity index (χ2n) is 4.07. The molecule has 2 nitrogen and oxygen atoms in total. The van der Waals surface area contributed by atoms with Crippen LogP contribution in [0.1, 0.15) is 24.8 Å². The van der Waals surface area contributed by atoms with Gasteiger partial charge in [0.2, 0.25) is 0 Å². The summed E-state index contributed by atoms with van der Waals surface area (Å²) in [5.74, 6) is 2.07. The maximum Gasteiger partial charge on any atom is 0.156 e. The molecule has 0 fully saturated rings. The summed E-state index contributed by atoms with van der Waals surface area (Å²) < 4.78 is 5.11. The first kappa shape index (κ1) is 12.2. The van der Waals surface area contributed by atoms with E-state index in [1.165, 1.54) is 10.5 Å². The van der Waals surface area contributed by atoms with E-state index in [1.807, 2.05) is 12.1 Å². The van der Waals surface area contributed by atoms with Crippen molar-refractivity contribution in [1.29, 1.82) is 0 Å². The number of methoxy groups -OCH3 is 1. The van der Waals surface area contributed by atoms with Gasteiger partial charge in [0.1, 0.15) is 5.75 Å². The number of hydrogen-bond acceptors (Lipinski definition) is 3. The minimum absolute atomic E-state index is 0.272. The van der Waals surface area contributed by atoms with Crippen molar-refractivity contribution in [2.75, 3.05) is 7.11 Å². The third-order valence-electron chi connectivity index (χ3n) is 2.75. The lowest BCUT2D eigenvalue weighted by atomic mass is 10.1. The normalized spacial score (nSPS) is 15.6. The van der Waals surface area contributed by atoms with Crippen LogP contribution in [-0.4, -0.2) is 12.9 Å². The minimum atomic E-state index is 0.272. The molecule has 0 unspecified atom stereocenters. The van der Waals surface area contributed by atoms with Gasteiger partial charge in [-0.1, -0.05) is 12.1 Å². The maximum atomic E-state index is 11.3. The predicted molar refractivity (Wildman–Crippen MR) is 71.2 cm³/mol. The van der Waals surface area contributed by atoms with Gasteiger partial charge in [-0.15, -0.1) is 11.8 Å². The summed E-state index contributed by atoms with van der Waals surface area (Å²) in [5.41, 5.74) is 1.26. The Morgan fingerprint density at radius 3 is 2.65 bits per heavy atom. The molecule has 0 spiro atoms. The number of carbonyl (C=O) groups is 1. The molecule has 0 saturated carbocycles. The molecule has 0 aromatic heterocycles. The average molecular weight is 248 g/mol. The smallest absolute Gasteiger partial charge is 0.156 e. The monoisotopic (exact) mass is 248 g/mol. The van der Waals surface area contributed by atoms with Gasteiger partial charge in [0.25, 0.3) is 0 Å². The Hall–Kier alpha value is -1.22. The van der Waals surface area contributed by atoms with E-state index in [1.54, 1.807) is 24.9 Å². The lowest BCUT2D eigenvalue weighted by molar-refractivity contribution is -0.115. The van der Waals surface area contributed by atoms with Crippen LogP contribution in [0.3, 0.4) is 0 Å². The van der Waals surface area contributed by atoms with Crippen LogP contribution in [0.15, 0.2) is 35.2 Å². The zero-order valence-electron chi connectivity index (χ0n) is 9.94. The lowest BCUT2D eigenvalue weighted by Gasteiger charge is -2.11. The molecule has 90 valence electrons. The van der Waals surface area contributed by atoms with Gasteiger partial charge in [0.15, 0.2) is 5.78 Å². The molecule has 1 aliphatic carbocycles. The second kappa shape index (κ2) is 5.92. The SMILES string of the molecule is COc1ccc(CSC2=CC(=O)CCC2)cc1. The van der Waals surface area contributed by atoms with E-state index in [9.17, 15) is 4.79 Å². The fourth-order valence-electron chi connectivity index (χ4n) is 1.77. The van der Waals surface area contributed by atoms with E-state index < -0.39 is 0 Å². The highest BCUT2D eigenvalue weighted by Gasteiger charge is 2.10. The van der Waals surface area contributed by atoms with E-state index in [0.717, 1.165) is 24.3 Å². The second-order valence-corrected chi connectivity index (χ2v) is 5.17. The van der Waals surface area contributed by atoms with Gasteiger partial charge >= 0.3 is 0 Å². The average Bonchev–Trinajstić information content (AvgIpc) is 2.37. The molecule has 1 aromatic rings. The highest BCUT2D eigenvalue weighted by Crippen LogP contribution is 2.29. The van der Waals surface area contributed by atoms with Gasteiger partial charge in [-0.2, -0.15) is 0 Å². The molecular formula is C14H16O2S. The van der Waals surface area contributed by atoms with Gasteiger partial charge in [0.05, 0.1) is 7.11 Å². The Labute approximate surface area is 106 Å². The zero-order valence-corrected chi connectivity index (χ0v) is 10.8. The molecule has 0 atom stereocenters. The maximum absolute atomic E-state index is 11.3. The topological polar surface area (TPSA) is 26.3 Å². The van der Waals surface area contributed by atoms with Crippen LogP contribution in [-0.2, 0) is 10.5 Å². The summed E-state index contributed by atoms with van der Waals surface area (Å²) in [6.07, 6.45) is 4.57. The number of ketones is 1. The van der Waals surface area contributed by atoms with E-state index in [-0.39, 0.29) is 5.78 Å². The van der Waals surface area contributed by atoms with Crippen molar-refractivity contribution >= 4 is 17.5 Å². The zero-order chi connectivity index (χ0) is 12.1. The molecule has 0 saturated heterocycles. The van der Waals surface area contributed by atoms with Crippen molar-refractivity contribution in [2.45, 2.75) is 25.0 Å². The molecular weight excluding hydrogens is 232 g/mol. The Balaban J connectivity index is 1.90. The van der Waals surface area contributed by atoms with Gasteiger partial charge in [0, 0.05) is 12.2 Å². The number of benzene rings is 1. The van der Waals surface area contributed by atoms with E-state index >= 15 is 0 Å². The summed E-state index contributed by atoms with van der Waals surface area (Å²) in [4.78, 5) is 12.5. The highest BCUT2D eigenvalue weighted by molar-refractivity contribution is 8.02. The van der Waals surface area contributed by atoms with E-state index in [0.29, 0.717) is 6.42 Å². The number of carbonyl (C=O) groups excluding carboxylic acids is 1. The van der Waals surface area contributed by atoms with E-state index in [4.69, 9.17) is 4.74 Å². The van der Waals surface area contributed by atoms with Crippen molar-refractivity contribution in [1.82, 2.24) is 0 Å². The van der Waals surface area contributed by atoms with Crippen LogP contribution in [0.25, 0.3) is 0 Å². The Kier molecular flexibility index (Phi) is 4.26. The van der Waals surface area contributed by atoms with Crippen molar-refractivity contribution in [3.63, 3.8) is 0 Å². The van der Waals surface area contributed by atoms with Gasteiger partial charge in [-0.05, 0) is 41.5 Å². The summed E-state index contributed by atoms with van der Waals surface area (Å²) in [6, 6.07) is 8.07. The van der Waals surface area contributed by atoms with Gasteiger partial charge < -0.3 is 4.74 Å². The third-order valence-corrected chi connectivity index (χ3v) is 3.92. The predicted octanol–water partition coefficient (Wildman–Crippen LogP) is 3.57. The van der Waals surface area contributed by atoms with Crippen LogP contribution in [0.4, 0.5) is 0 Å². The Morgan fingerprint density at radius 1 is 1.24 bits per heavy atom. The van der Waals surface area contributed by atoms with Crippen LogP contribution < -0.4 is 4.74 Å². The molecule has 1 aliphatic rings. The largest absolute Gasteiger partial charge is 0.497 e. The summed E-state index contributed by atoms with van der Waals surface area (Å²) in [5, 5.41) is 0. The number of hydrogen-bond donors (Lipinski definition) is 0. The number of rotatable bonds is 4. The van der Waals surface area contributed by atoms with Crippen molar-refractivity contribution in [3.05, 3.63) is 40.8 Å². The summed E-state index contributed by atoms with van der Waals surface area (Å²) >= 11 is 1.77. The standard InChI is InChI=1S/C14H16O2S/c1-16-13-7-5-11(6-8-13)10-17-14-4-2-3-12(15)9-14/h5-9H,2-4,10H2,1H3.